The molecule has 0 N–H and O–H groups in total. The molecule has 0 atom stereocenters. The van der Waals surface area contributed by atoms with E-state index in [0.717, 1.165) is 38.4 Å². The highest BCUT2D eigenvalue weighted by Gasteiger charge is 2.09. The predicted molar refractivity (Wildman–Crippen MR) is 106 cm³/mol. The fraction of sp³-hybridized carbons (Fsp3) is 0.500. The van der Waals surface area contributed by atoms with Gasteiger partial charge in [-0.25, -0.2) is 0 Å². The molecule has 1 saturated heterocycles. The van der Waals surface area contributed by atoms with Crippen molar-refractivity contribution in [3.8, 4) is 5.75 Å². The van der Waals surface area contributed by atoms with Crippen LogP contribution in [0.2, 0.25) is 0 Å². The summed E-state index contributed by atoms with van der Waals surface area (Å²) in [4.78, 5) is 9.05. The third-order valence-corrected chi connectivity index (χ3v) is 4.86. The van der Waals surface area contributed by atoms with Gasteiger partial charge in [-0.3, -0.25) is 9.88 Å². The Morgan fingerprint density at radius 2 is 1.85 bits per heavy atom. The second-order valence-electron chi connectivity index (χ2n) is 7.29. The summed E-state index contributed by atoms with van der Waals surface area (Å²) in [5.41, 5.74) is 2.52. The molecule has 2 heterocycles. The molecule has 140 valence electrons. The molecule has 3 rings (SSSR count). The quantitative estimate of drug-likeness (QED) is 0.638. The average Bonchev–Trinajstić information content (AvgIpc) is 2.67. The Hall–Kier alpha value is -1.91. The Morgan fingerprint density at radius 3 is 2.65 bits per heavy atom. The van der Waals surface area contributed by atoms with Crippen LogP contribution in [-0.2, 0) is 13.1 Å². The van der Waals surface area contributed by atoms with Crippen molar-refractivity contribution in [3.05, 3.63) is 59.9 Å². The van der Waals surface area contributed by atoms with Crippen LogP contribution in [0.4, 0.5) is 0 Å². The topological polar surface area (TPSA) is 28.6 Å². The number of piperidine rings is 1. The van der Waals surface area contributed by atoms with Crippen LogP contribution in [0.1, 0.15) is 36.8 Å². The van der Waals surface area contributed by atoms with Crippen molar-refractivity contribution in [1.29, 1.82) is 0 Å². The third kappa shape index (κ3) is 6.43. The molecule has 0 amide bonds. The van der Waals surface area contributed by atoms with E-state index in [2.05, 4.69) is 52.2 Å². The lowest BCUT2D eigenvalue weighted by Gasteiger charge is -2.26. The highest BCUT2D eigenvalue weighted by atomic mass is 16.5. The maximum atomic E-state index is 5.98. The molecule has 4 nitrogen and oxygen atoms in total. The van der Waals surface area contributed by atoms with E-state index in [9.17, 15) is 0 Å². The number of ether oxygens (including phenoxy) is 1. The van der Waals surface area contributed by atoms with Gasteiger partial charge in [-0.2, -0.15) is 0 Å². The Morgan fingerprint density at radius 1 is 1.04 bits per heavy atom. The molecular formula is C22H31N3O. The van der Waals surface area contributed by atoms with Gasteiger partial charge < -0.3 is 9.64 Å². The van der Waals surface area contributed by atoms with Crippen molar-refractivity contribution >= 4 is 0 Å². The molecule has 0 saturated carbocycles. The number of benzene rings is 1. The summed E-state index contributed by atoms with van der Waals surface area (Å²) in [7, 11) is 2.14. The van der Waals surface area contributed by atoms with Crippen molar-refractivity contribution in [2.45, 2.75) is 38.8 Å². The van der Waals surface area contributed by atoms with Crippen LogP contribution in [0.3, 0.4) is 0 Å². The van der Waals surface area contributed by atoms with E-state index in [1.54, 1.807) is 0 Å². The van der Waals surface area contributed by atoms with Gasteiger partial charge in [0.1, 0.15) is 5.75 Å². The fourth-order valence-corrected chi connectivity index (χ4v) is 3.57. The normalized spacial score (nSPS) is 15.3. The van der Waals surface area contributed by atoms with E-state index >= 15 is 0 Å². The maximum Gasteiger partial charge on any atom is 0.119 e. The van der Waals surface area contributed by atoms with Crippen LogP contribution in [0.5, 0.6) is 5.75 Å². The molecule has 0 unspecified atom stereocenters. The van der Waals surface area contributed by atoms with Crippen LogP contribution >= 0.6 is 0 Å². The Balaban J connectivity index is 1.41. The van der Waals surface area contributed by atoms with Crippen LogP contribution < -0.4 is 4.74 Å². The number of likely N-dealkylation sites (tertiary alicyclic amines) is 1. The zero-order chi connectivity index (χ0) is 18.0. The van der Waals surface area contributed by atoms with Gasteiger partial charge in [0.05, 0.1) is 6.61 Å². The van der Waals surface area contributed by atoms with Gasteiger partial charge in [0.2, 0.25) is 0 Å². The molecule has 2 aromatic rings. The van der Waals surface area contributed by atoms with Crippen molar-refractivity contribution in [2.24, 2.45) is 0 Å². The molecule has 1 aromatic carbocycles. The molecule has 0 bridgehead atoms. The highest BCUT2D eigenvalue weighted by molar-refractivity contribution is 5.28. The van der Waals surface area contributed by atoms with E-state index < -0.39 is 0 Å². The summed E-state index contributed by atoms with van der Waals surface area (Å²) < 4.78 is 5.98. The molecule has 0 aliphatic carbocycles. The van der Waals surface area contributed by atoms with Gasteiger partial charge in [0.15, 0.2) is 0 Å². The van der Waals surface area contributed by atoms with Gasteiger partial charge in [-0.05, 0) is 68.7 Å². The summed E-state index contributed by atoms with van der Waals surface area (Å²) >= 11 is 0. The number of aromatic nitrogens is 1. The number of rotatable bonds is 9. The zero-order valence-electron chi connectivity index (χ0n) is 15.9. The average molecular weight is 354 g/mol. The van der Waals surface area contributed by atoms with Crippen molar-refractivity contribution < 1.29 is 4.74 Å². The first kappa shape index (κ1) is 18.9. The predicted octanol–water partition coefficient (Wildman–Crippen LogP) is 3.97. The van der Waals surface area contributed by atoms with E-state index in [1.807, 2.05) is 18.5 Å². The molecule has 0 radical (unpaired) electrons. The van der Waals surface area contributed by atoms with Gasteiger partial charge in [-0.1, -0.05) is 24.6 Å². The largest absolute Gasteiger partial charge is 0.494 e. The maximum absolute atomic E-state index is 5.98. The molecule has 4 heteroatoms. The minimum absolute atomic E-state index is 0.797. The summed E-state index contributed by atoms with van der Waals surface area (Å²) in [6.07, 6.45) is 8.96. The van der Waals surface area contributed by atoms with Crippen molar-refractivity contribution in [2.75, 3.05) is 33.3 Å². The fourth-order valence-electron chi connectivity index (χ4n) is 3.57. The lowest BCUT2D eigenvalue weighted by Crippen LogP contribution is -2.31. The number of hydrogen-bond acceptors (Lipinski definition) is 4. The molecule has 0 spiro atoms. The molecule has 1 aliphatic rings. The number of hydrogen-bond donors (Lipinski definition) is 0. The summed E-state index contributed by atoms with van der Waals surface area (Å²) in [6.45, 7) is 6.28. The lowest BCUT2D eigenvalue weighted by molar-refractivity contribution is 0.205. The Bertz CT molecular complexity index is 641. The monoisotopic (exact) mass is 353 g/mol. The zero-order valence-corrected chi connectivity index (χ0v) is 15.9. The Labute approximate surface area is 157 Å². The standard InChI is InChI=1S/C22H31N3O/c1-24(19-21-9-6-11-23-17-21)18-20-8-5-10-22(16-20)26-15-7-14-25-12-3-2-4-13-25/h5-6,8-11,16-17H,2-4,7,12-15,18-19H2,1H3. The van der Waals surface area contributed by atoms with Gasteiger partial charge in [0, 0.05) is 32.0 Å². The summed E-state index contributed by atoms with van der Waals surface area (Å²) in [5.74, 6) is 0.982. The highest BCUT2D eigenvalue weighted by Crippen LogP contribution is 2.16. The first-order chi connectivity index (χ1) is 12.8. The SMILES string of the molecule is CN(Cc1cccnc1)Cc1cccc(OCCCN2CCCCC2)c1. The van der Waals surface area contributed by atoms with E-state index in [1.165, 1.54) is 43.5 Å². The number of nitrogens with zero attached hydrogens (tertiary/aromatic N) is 3. The second-order valence-corrected chi connectivity index (χ2v) is 7.29. The third-order valence-electron chi connectivity index (χ3n) is 4.86. The summed E-state index contributed by atoms with van der Waals surface area (Å²) in [6, 6.07) is 12.6. The van der Waals surface area contributed by atoms with Crippen molar-refractivity contribution in [3.63, 3.8) is 0 Å². The van der Waals surface area contributed by atoms with E-state index in [4.69, 9.17) is 4.74 Å². The van der Waals surface area contributed by atoms with Gasteiger partial charge in [0.25, 0.3) is 0 Å². The van der Waals surface area contributed by atoms with Crippen LogP contribution in [0.15, 0.2) is 48.8 Å². The smallest absolute Gasteiger partial charge is 0.119 e. The Kier molecular flexibility index (Phi) is 7.47. The van der Waals surface area contributed by atoms with Gasteiger partial charge >= 0.3 is 0 Å². The molecule has 1 aromatic heterocycles. The minimum atomic E-state index is 0.797. The number of pyridine rings is 1. The van der Waals surface area contributed by atoms with Crippen LogP contribution in [-0.4, -0.2) is 48.1 Å². The van der Waals surface area contributed by atoms with E-state index in [-0.39, 0.29) is 0 Å². The molecule has 1 aliphatic heterocycles. The van der Waals surface area contributed by atoms with Crippen LogP contribution in [0.25, 0.3) is 0 Å². The lowest BCUT2D eigenvalue weighted by atomic mass is 10.1. The molecule has 26 heavy (non-hydrogen) atoms. The van der Waals surface area contributed by atoms with E-state index in [0.29, 0.717) is 0 Å². The first-order valence-electron chi connectivity index (χ1n) is 9.81. The van der Waals surface area contributed by atoms with Gasteiger partial charge in [-0.15, -0.1) is 0 Å². The molecule has 1 fully saturated rings. The summed E-state index contributed by atoms with van der Waals surface area (Å²) in [5, 5.41) is 0. The first-order valence-corrected chi connectivity index (χ1v) is 9.81. The van der Waals surface area contributed by atoms with Crippen molar-refractivity contribution in [1.82, 2.24) is 14.8 Å². The van der Waals surface area contributed by atoms with Crippen LogP contribution in [0, 0.1) is 0 Å². The second kappa shape index (κ2) is 10.3. The molecular weight excluding hydrogens is 322 g/mol. The minimum Gasteiger partial charge on any atom is -0.494 e.